The Bertz CT molecular complexity index is 738. The average Bonchev–Trinajstić information content (AvgIpc) is 2.62. The minimum atomic E-state index is -1.04. The van der Waals surface area contributed by atoms with Gasteiger partial charge >= 0.3 is 0 Å². The highest BCUT2D eigenvalue weighted by atomic mass is 16.3. The lowest BCUT2D eigenvalue weighted by molar-refractivity contribution is -0.123. The van der Waals surface area contributed by atoms with Gasteiger partial charge in [0.05, 0.1) is 30.5 Å². The van der Waals surface area contributed by atoms with Crippen molar-refractivity contribution in [3.63, 3.8) is 0 Å². The Morgan fingerprint density at radius 3 is 2.85 bits per heavy atom. The van der Waals surface area contributed by atoms with E-state index >= 15 is 0 Å². The molecular formula is C20H25N3O3. The number of carbonyl (C=O) groups excluding carboxylic acids is 1. The second kappa shape index (κ2) is 8.40. The van der Waals surface area contributed by atoms with Gasteiger partial charge in [-0.2, -0.15) is 0 Å². The molecule has 2 aromatic rings. The molecule has 0 bridgehead atoms. The minimum absolute atomic E-state index is 0.0258. The molecule has 6 heteroatoms. The molecule has 1 atom stereocenters. The van der Waals surface area contributed by atoms with Crippen LogP contribution in [0.1, 0.15) is 30.4 Å². The minimum Gasteiger partial charge on any atom is -0.392 e. The topological polar surface area (TPSA) is 85.7 Å². The first-order valence-electron chi connectivity index (χ1n) is 8.90. The van der Waals surface area contributed by atoms with Gasteiger partial charge in [0, 0.05) is 24.8 Å². The number of β-amino-alcohol motifs (C(OH)–C–C–N with tert-alkyl or cyclic N) is 1. The smallest absolute Gasteiger partial charge is 0.227 e. The molecular weight excluding hydrogens is 330 g/mol. The van der Waals surface area contributed by atoms with Crippen LogP contribution in [0.4, 0.5) is 5.69 Å². The number of nitrogens with zero attached hydrogens (tertiary/aromatic N) is 2. The Kier molecular flexibility index (Phi) is 5.98. The first-order chi connectivity index (χ1) is 12.6. The molecule has 0 radical (unpaired) electrons. The van der Waals surface area contributed by atoms with Crippen molar-refractivity contribution in [2.24, 2.45) is 0 Å². The van der Waals surface area contributed by atoms with E-state index in [0.29, 0.717) is 24.2 Å². The molecule has 2 heterocycles. The van der Waals surface area contributed by atoms with Crippen molar-refractivity contribution >= 4 is 11.6 Å². The fourth-order valence-electron chi connectivity index (χ4n) is 3.49. The number of carbonyl (C=O) groups is 1. The van der Waals surface area contributed by atoms with Crippen LogP contribution in [0.15, 0.2) is 48.8 Å². The number of rotatable bonds is 6. The van der Waals surface area contributed by atoms with Crippen molar-refractivity contribution in [2.75, 3.05) is 18.4 Å². The van der Waals surface area contributed by atoms with Gasteiger partial charge < -0.3 is 15.5 Å². The highest BCUT2D eigenvalue weighted by Gasteiger charge is 2.35. The van der Waals surface area contributed by atoms with E-state index < -0.39 is 5.60 Å². The number of aliphatic hydroxyl groups excluding tert-OH is 1. The molecule has 0 aliphatic carbocycles. The predicted octanol–water partition coefficient (Wildman–Crippen LogP) is 1.93. The van der Waals surface area contributed by atoms with Gasteiger partial charge in [0.25, 0.3) is 0 Å². The van der Waals surface area contributed by atoms with Crippen molar-refractivity contribution in [3.8, 4) is 0 Å². The number of piperidine rings is 1. The zero-order chi connectivity index (χ0) is 18.4. The monoisotopic (exact) mass is 355 g/mol. The van der Waals surface area contributed by atoms with Gasteiger partial charge in [-0.3, -0.25) is 14.7 Å². The Labute approximate surface area is 153 Å². The maximum Gasteiger partial charge on any atom is 0.227 e. The van der Waals surface area contributed by atoms with Gasteiger partial charge in [0.2, 0.25) is 5.91 Å². The fraction of sp³-hybridized carbons (Fsp3) is 0.400. The molecule has 1 aromatic heterocycles. The lowest BCUT2D eigenvalue weighted by Gasteiger charge is -2.39. The van der Waals surface area contributed by atoms with E-state index in [2.05, 4.69) is 27.3 Å². The quantitative estimate of drug-likeness (QED) is 0.737. The molecule has 1 aliphatic rings. The van der Waals surface area contributed by atoms with Gasteiger partial charge in [-0.25, -0.2) is 0 Å². The molecule has 26 heavy (non-hydrogen) atoms. The molecule has 6 nitrogen and oxygen atoms in total. The van der Waals surface area contributed by atoms with Gasteiger partial charge in [-0.15, -0.1) is 0 Å². The number of hydrogen-bond donors (Lipinski definition) is 3. The zero-order valence-corrected chi connectivity index (χ0v) is 14.8. The number of amides is 1. The number of nitrogens with one attached hydrogen (secondary N) is 1. The predicted molar refractivity (Wildman–Crippen MR) is 99.3 cm³/mol. The van der Waals surface area contributed by atoms with E-state index in [1.807, 2.05) is 18.2 Å². The number of aliphatic hydroxyl groups is 2. The molecule has 3 N–H and O–H groups in total. The SMILES string of the molecule is O=C(CC1(O)CCCN(Cc2ccccc2)C1)Nc1cnccc1CO. The number of anilines is 1. The maximum absolute atomic E-state index is 12.4. The highest BCUT2D eigenvalue weighted by molar-refractivity contribution is 5.92. The average molecular weight is 355 g/mol. The van der Waals surface area contributed by atoms with E-state index in [4.69, 9.17) is 0 Å². The van der Waals surface area contributed by atoms with Crippen LogP contribution in [0, 0.1) is 0 Å². The molecule has 1 aromatic carbocycles. The number of hydrogen-bond acceptors (Lipinski definition) is 5. The van der Waals surface area contributed by atoms with Crippen molar-refractivity contribution in [2.45, 2.75) is 38.0 Å². The van der Waals surface area contributed by atoms with Crippen molar-refractivity contribution in [1.29, 1.82) is 0 Å². The largest absolute Gasteiger partial charge is 0.392 e. The molecule has 3 rings (SSSR count). The molecule has 0 saturated carbocycles. The summed E-state index contributed by atoms with van der Waals surface area (Å²) in [5.41, 5.74) is 1.25. The normalized spacial score (nSPS) is 20.7. The van der Waals surface area contributed by atoms with Gasteiger partial charge in [-0.05, 0) is 31.0 Å². The van der Waals surface area contributed by atoms with Crippen molar-refractivity contribution in [1.82, 2.24) is 9.88 Å². The summed E-state index contributed by atoms with van der Waals surface area (Å²) in [5.74, 6) is -0.267. The van der Waals surface area contributed by atoms with Gasteiger partial charge in [0.1, 0.15) is 0 Å². The van der Waals surface area contributed by atoms with Crippen LogP contribution in [-0.2, 0) is 17.9 Å². The Morgan fingerprint density at radius 1 is 1.27 bits per heavy atom. The summed E-state index contributed by atoms with van der Waals surface area (Å²) in [6.07, 6.45) is 4.56. The lowest BCUT2D eigenvalue weighted by atomic mass is 9.89. The van der Waals surface area contributed by atoms with E-state index in [1.54, 1.807) is 12.3 Å². The Hall–Kier alpha value is -2.28. The molecule has 1 saturated heterocycles. The molecule has 1 amide bonds. The third-order valence-corrected chi connectivity index (χ3v) is 4.73. The second-order valence-corrected chi connectivity index (χ2v) is 6.94. The van der Waals surface area contributed by atoms with Crippen LogP contribution >= 0.6 is 0 Å². The molecule has 1 unspecified atom stereocenters. The Morgan fingerprint density at radius 2 is 2.08 bits per heavy atom. The van der Waals surface area contributed by atoms with E-state index in [0.717, 1.165) is 19.5 Å². The zero-order valence-electron chi connectivity index (χ0n) is 14.8. The van der Waals surface area contributed by atoms with Crippen LogP contribution in [0.25, 0.3) is 0 Å². The van der Waals surface area contributed by atoms with Crippen LogP contribution < -0.4 is 5.32 Å². The van der Waals surface area contributed by atoms with Crippen LogP contribution in [0.5, 0.6) is 0 Å². The Balaban J connectivity index is 1.59. The van der Waals surface area contributed by atoms with Crippen LogP contribution in [0.3, 0.4) is 0 Å². The number of benzene rings is 1. The number of likely N-dealkylation sites (tertiary alicyclic amines) is 1. The summed E-state index contributed by atoms with van der Waals surface area (Å²) in [6, 6.07) is 11.8. The summed E-state index contributed by atoms with van der Waals surface area (Å²) in [6.45, 7) is 1.97. The molecule has 1 fully saturated rings. The van der Waals surface area contributed by atoms with E-state index in [1.165, 1.54) is 11.8 Å². The van der Waals surface area contributed by atoms with Gasteiger partial charge in [0.15, 0.2) is 0 Å². The van der Waals surface area contributed by atoms with Crippen LogP contribution in [-0.4, -0.2) is 44.7 Å². The van der Waals surface area contributed by atoms with E-state index in [-0.39, 0.29) is 18.9 Å². The molecule has 138 valence electrons. The summed E-state index contributed by atoms with van der Waals surface area (Å²) in [4.78, 5) is 18.6. The van der Waals surface area contributed by atoms with E-state index in [9.17, 15) is 15.0 Å². The summed E-state index contributed by atoms with van der Waals surface area (Å²) in [5, 5.41) is 23.0. The van der Waals surface area contributed by atoms with Crippen molar-refractivity contribution < 1.29 is 15.0 Å². The van der Waals surface area contributed by atoms with Crippen molar-refractivity contribution in [3.05, 3.63) is 59.9 Å². The third kappa shape index (κ3) is 4.88. The lowest BCUT2D eigenvalue weighted by Crippen LogP contribution is -2.49. The number of pyridine rings is 1. The maximum atomic E-state index is 12.4. The van der Waals surface area contributed by atoms with Gasteiger partial charge in [-0.1, -0.05) is 30.3 Å². The molecule has 0 spiro atoms. The standard InChI is InChI=1S/C20H25N3O3/c24-14-17-7-9-21-12-18(17)22-19(25)11-20(26)8-4-10-23(15-20)13-16-5-2-1-3-6-16/h1-3,5-7,9,12,24,26H,4,8,10-11,13-15H2,(H,22,25). The second-order valence-electron chi connectivity index (χ2n) is 6.94. The fourth-order valence-corrected chi connectivity index (χ4v) is 3.49. The first-order valence-corrected chi connectivity index (χ1v) is 8.90. The third-order valence-electron chi connectivity index (χ3n) is 4.73. The highest BCUT2D eigenvalue weighted by Crippen LogP contribution is 2.26. The van der Waals surface area contributed by atoms with Crippen LogP contribution in [0.2, 0.25) is 0 Å². The summed E-state index contributed by atoms with van der Waals surface area (Å²) >= 11 is 0. The summed E-state index contributed by atoms with van der Waals surface area (Å²) in [7, 11) is 0. The number of aromatic nitrogens is 1. The first kappa shape index (κ1) is 18.5. The summed E-state index contributed by atoms with van der Waals surface area (Å²) < 4.78 is 0. The molecule has 1 aliphatic heterocycles.